The van der Waals surface area contributed by atoms with Crippen molar-refractivity contribution in [3.8, 4) is 0 Å². The number of hydrogen-bond donors (Lipinski definition) is 0. The van der Waals surface area contributed by atoms with Crippen molar-refractivity contribution in [2.24, 2.45) is 5.92 Å². The molecule has 0 bridgehead atoms. The van der Waals surface area contributed by atoms with Crippen molar-refractivity contribution in [3.05, 3.63) is 53.8 Å². The molecule has 0 N–H and O–H groups in total. The third-order valence-electron chi connectivity index (χ3n) is 5.88. The molecule has 1 saturated heterocycles. The fraction of sp³-hybridized carbons (Fsp3) is 0.500. The largest absolute Gasteiger partial charge is 0.549 e. The van der Waals surface area contributed by atoms with E-state index in [-0.39, 0.29) is 28.9 Å². The number of ether oxygens (including phenoxy) is 1. The van der Waals surface area contributed by atoms with Gasteiger partial charge in [0.1, 0.15) is 0 Å². The average Bonchev–Trinajstić information content (AvgIpc) is 3.04. The molecule has 0 amide bonds. The molecule has 2 rings (SSSR count). The minimum Gasteiger partial charge on any atom is -0.549 e. The van der Waals surface area contributed by atoms with E-state index in [4.69, 9.17) is 9.16 Å². The molecule has 1 fully saturated rings. The zero-order valence-electron chi connectivity index (χ0n) is 18.9. The number of sulfonamides is 1. The van der Waals surface area contributed by atoms with E-state index in [1.807, 2.05) is 13.0 Å². The molecule has 8 heteroatoms. The summed E-state index contributed by atoms with van der Waals surface area (Å²) in [6.07, 6.45) is 4.90. The van der Waals surface area contributed by atoms with Crippen molar-refractivity contribution in [1.29, 1.82) is 0 Å². The van der Waals surface area contributed by atoms with Gasteiger partial charge in [0.15, 0.2) is 0 Å². The van der Waals surface area contributed by atoms with Gasteiger partial charge in [-0.05, 0) is 48.8 Å². The van der Waals surface area contributed by atoms with Crippen LogP contribution in [0.5, 0.6) is 0 Å². The summed E-state index contributed by atoms with van der Waals surface area (Å²) in [5, 5.41) is 0.0541. The van der Waals surface area contributed by atoms with Gasteiger partial charge in [-0.2, -0.15) is 4.31 Å². The molecule has 1 aliphatic heterocycles. The number of carbonyl (C=O) groups excluding carboxylic acids is 1. The van der Waals surface area contributed by atoms with E-state index in [1.54, 1.807) is 30.5 Å². The zero-order valence-corrected chi connectivity index (χ0v) is 20.7. The number of nitrogens with zero attached hydrogens (tertiary/aromatic N) is 1. The highest BCUT2D eigenvalue weighted by molar-refractivity contribution is 7.89. The predicted octanol–water partition coefficient (Wildman–Crippen LogP) is 4.25. The molecule has 1 heterocycles. The van der Waals surface area contributed by atoms with Crippen LogP contribution in [0, 0.1) is 12.8 Å². The second-order valence-corrected chi connectivity index (χ2v) is 15.9. The average molecular weight is 452 g/mol. The Bertz CT molecular complexity index is 927. The van der Waals surface area contributed by atoms with Crippen molar-refractivity contribution in [2.75, 3.05) is 20.2 Å². The van der Waals surface area contributed by atoms with Gasteiger partial charge in [-0.25, -0.2) is 13.2 Å². The Balaban J connectivity index is 2.28. The van der Waals surface area contributed by atoms with E-state index >= 15 is 0 Å². The lowest BCUT2D eigenvalue weighted by Gasteiger charge is -2.35. The third kappa shape index (κ3) is 5.62. The molecule has 1 atom stereocenters. The van der Waals surface area contributed by atoms with Crippen LogP contribution in [0.15, 0.2) is 53.1 Å². The zero-order chi connectivity index (χ0) is 22.7. The van der Waals surface area contributed by atoms with Crippen molar-refractivity contribution >= 4 is 24.3 Å². The van der Waals surface area contributed by atoms with E-state index in [0.717, 1.165) is 5.56 Å². The molecule has 0 saturated carbocycles. The second kappa shape index (κ2) is 9.07. The highest BCUT2D eigenvalue weighted by atomic mass is 32.2. The fourth-order valence-corrected chi connectivity index (χ4v) is 5.02. The van der Waals surface area contributed by atoms with E-state index in [9.17, 15) is 13.2 Å². The minimum atomic E-state index is -3.67. The van der Waals surface area contributed by atoms with Crippen LogP contribution in [-0.2, 0) is 24.0 Å². The van der Waals surface area contributed by atoms with Gasteiger partial charge < -0.3 is 9.16 Å². The lowest BCUT2D eigenvalue weighted by molar-refractivity contribution is -0.134. The number of rotatable bonds is 6. The maximum absolute atomic E-state index is 13.1. The second-order valence-electron chi connectivity index (χ2n) is 9.17. The van der Waals surface area contributed by atoms with Crippen LogP contribution in [0.3, 0.4) is 0 Å². The van der Waals surface area contributed by atoms with Crippen LogP contribution in [0.2, 0.25) is 18.1 Å². The summed E-state index contributed by atoms with van der Waals surface area (Å²) in [7, 11) is -4.34. The van der Waals surface area contributed by atoms with Crippen molar-refractivity contribution in [2.45, 2.75) is 50.7 Å². The normalized spacial score (nSPS) is 20.1. The Hall–Kier alpha value is -1.90. The molecular weight excluding hydrogens is 418 g/mol. The standard InChI is InChI=1S/C22H33NO5SSi/c1-17-8-10-20(11-9-17)29(25,26)23-15-18(19(16-23)14-21(24)27-5)12-13-28-30(6,7)22(2,3)4/h8-14,18H,15-16H2,1-7H3/b13-12+,19-14+. The van der Waals surface area contributed by atoms with Gasteiger partial charge in [-0.15, -0.1) is 0 Å². The summed E-state index contributed by atoms with van der Waals surface area (Å²) < 4.78 is 38.4. The molecule has 0 spiro atoms. The van der Waals surface area contributed by atoms with E-state index in [1.165, 1.54) is 17.5 Å². The van der Waals surface area contributed by atoms with Gasteiger partial charge in [0, 0.05) is 25.1 Å². The number of hydrogen-bond acceptors (Lipinski definition) is 5. The molecule has 1 aromatic carbocycles. The summed E-state index contributed by atoms with van der Waals surface area (Å²) in [6, 6.07) is 6.77. The molecule has 1 aromatic rings. The number of aryl methyl sites for hydroxylation is 1. The van der Waals surface area contributed by atoms with Crippen molar-refractivity contribution in [3.63, 3.8) is 0 Å². The summed E-state index contributed by atoms with van der Waals surface area (Å²) in [6.45, 7) is 13.0. The maximum atomic E-state index is 13.1. The number of carbonyl (C=O) groups is 1. The fourth-order valence-electron chi connectivity index (χ4n) is 2.79. The molecule has 6 nitrogen and oxygen atoms in total. The first-order valence-corrected chi connectivity index (χ1v) is 14.3. The summed E-state index contributed by atoms with van der Waals surface area (Å²) in [5.74, 6) is -0.752. The Morgan fingerprint density at radius 3 is 2.33 bits per heavy atom. The van der Waals surface area contributed by atoms with E-state index in [0.29, 0.717) is 5.57 Å². The van der Waals surface area contributed by atoms with Gasteiger partial charge in [-0.1, -0.05) is 38.5 Å². The molecule has 0 radical (unpaired) electrons. The van der Waals surface area contributed by atoms with Gasteiger partial charge in [0.25, 0.3) is 0 Å². The molecule has 166 valence electrons. The van der Waals surface area contributed by atoms with E-state index < -0.39 is 24.3 Å². The lowest BCUT2D eigenvalue weighted by Crippen LogP contribution is -2.39. The Kier molecular flexibility index (Phi) is 7.37. The summed E-state index contributed by atoms with van der Waals surface area (Å²) in [5.41, 5.74) is 1.68. The summed E-state index contributed by atoms with van der Waals surface area (Å²) in [4.78, 5) is 12.1. The lowest BCUT2D eigenvalue weighted by atomic mass is 10.0. The predicted molar refractivity (Wildman–Crippen MR) is 121 cm³/mol. The molecule has 1 aliphatic rings. The number of esters is 1. The van der Waals surface area contributed by atoms with Crippen molar-refractivity contribution in [1.82, 2.24) is 4.31 Å². The quantitative estimate of drug-likeness (QED) is 0.280. The smallest absolute Gasteiger partial charge is 0.330 e. The topological polar surface area (TPSA) is 72.9 Å². The van der Waals surface area contributed by atoms with Crippen molar-refractivity contribution < 1.29 is 22.4 Å². The van der Waals surface area contributed by atoms with Crippen LogP contribution < -0.4 is 0 Å². The third-order valence-corrected chi connectivity index (χ3v) is 12.0. The van der Waals surface area contributed by atoms with Crippen LogP contribution in [-0.4, -0.2) is 47.2 Å². The molecule has 0 aromatic heterocycles. The maximum Gasteiger partial charge on any atom is 0.330 e. The van der Waals surface area contributed by atoms with Crippen LogP contribution >= 0.6 is 0 Å². The van der Waals surface area contributed by atoms with Crippen LogP contribution in [0.25, 0.3) is 0 Å². The minimum absolute atomic E-state index is 0.0541. The molecule has 0 aliphatic carbocycles. The Morgan fingerprint density at radius 2 is 1.80 bits per heavy atom. The highest BCUT2D eigenvalue weighted by Gasteiger charge is 2.39. The monoisotopic (exact) mass is 451 g/mol. The first-order valence-electron chi connectivity index (χ1n) is 9.97. The highest BCUT2D eigenvalue weighted by Crippen LogP contribution is 2.37. The van der Waals surface area contributed by atoms with Gasteiger partial charge in [-0.3, -0.25) is 0 Å². The van der Waals surface area contributed by atoms with Gasteiger partial charge >= 0.3 is 5.97 Å². The molecule has 1 unspecified atom stereocenters. The molecular formula is C22H33NO5SSi. The summed E-state index contributed by atoms with van der Waals surface area (Å²) >= 11 is 0. The first kappa shape index (κ1) is 24.4. The van der Waals surface area contributed by atoms with Crippen LogP contribution in [0.1, 0.15) is 26.3 Å². The number of benzene rings is 1. The molecule has 30 heavy (non-hydrogen) atoms. The first-order chi connectivity index (χ1) is 13.8. The van der Waals surface area contributed by atoms with Crippen LogP contribution in [0.4, 0.5) is 0 Å². The number of methoxy groups -OCH3 is 1. The SMILES string of the molecule is COC(=O)/C=C1\CN(S(=O)(=O)c2ccc(C)cc2)CC1/C=C/O[Si](C)(C)C(C)(C)C. The van der Waals surface area contributed by atoms with E-state index in [2.05, 4.69) is 33.9 Å². The van der Waals surface area contributed by atoms with Gasteiger partial charge in [0.05, 0.1) is 18.3 Å². The van der Waals surface area contributed by atoms with Gasteiger partial charge in [0.2, 0.25) is 18.3 Å². The Labute approximate surface area is 181 Å². The Morgan fingerprint density at radius 1 is 1.20 bits per heavy atom.